The molecule has 3 rings (SSSR count). The number of piperidine rings is 2. The number of carboxylic acid groups (broad SMARTS) is 1. The van der Waals surface area contributed by atoms with E-state index in [4.69, 9.17) is 5.11 Å². The van der Waals surface area contributed by atoms with E-state index in [0.29, 0.717) is 25.0 Å². The predicted molar refractivity (Wildman–Crippen MR) is 77.2 cm³/mol. The van der Waals surface area contributed by atoms with Gasteiger partial charge in [-0.25, -0.2) is 4.79 Å². The van der Waals surface area contributed by atoms with Gasteiger partial charge in [-0.15, -0.1) is 10.2 Å². The summed E-state index contributed by atoms with van der Waals surface area (Å²) in [6, 6.07) is 0.543. The van der Waals surface area contributed by atoms with Crippen LogP contribution in [0.2, 0.25) is 0 Å². The van der Waals surface area contributed by atoms with Crippen molar-refractivity contribution >= 4 is 6.09 Å². The largest absolute Gasteiger partial charge is 0.465 e. The van der Waals surface area contributed by atoms with Crippen molar-refractivity contribution in [3.63, 3.8) is 0 Å². The number of rotatable bonds is 2. The normalized spacial score (nSPS) is 22.6. The zero-order valence-electron chi connectivity index (χ0n) is 12.5. The van der Waals surface area contributed by atoms with Crippen LogP contribution in [0.15, 0.2) is 6.33 Å². The van der Waals surface area contributed by atoms with Crippen LogP contribution in [0.3, 0.4) is 0 Å². The van der Waals surface area contributed by atoms with Gasteiger partial charge in [-0.3, -0.25) is 0 Å². The highest BCUT2D eigenvalue weighted by Crippen LogP contribution is 2.29. The molecule has 2 fully saturated rings. The van der Waals surface area contributed by atoms with Crippen LogP contribution in [-0.2, 0) is 7.05 Å². The summed E-state index contributed by atoms with van der Waals surface area (Å²) in [4.78, 5) is 15.0. The molecule has 116 valence electrons. The van der Waals surface area contributed by atoms with Gasteiger partial charge in [-0.05, 0) is 38.8 Å². The van der Waals surface area contributed by atoms with Gasteiger partial charge >= 0.3 is 6.09 Å². The lowest BCUT2D eigenvalue weighted by atomic mass is 9.93. The van der Waals surface area contributed by atoms with E-state index in [9.17, 15) is 4.79 Å². The molecule has 3 heterocycles. The average Bonchev–Trinajstić information content (AvgIpc) is 2.94. The van der Waals surface area contributed by atoms with E-state index < -0.39 is 6.09 Å². The molecule has 21 heavy (non-hydrogen) atoms. The number of aromatic nitrogens is 3. The minimum Gasteiger partial charge on any atom is -0.465 e. The number of aryl methyl sites for hydroxylation is 1. The second-order valence-electron chi connectivity index (χ2n) is 6.11. The van der Waals surface area contributed by atoms with Crippen molar-refractivity contribution in [2.45, 2.75) is 37.6 Å². The fourth-order valence-electron chi connectivity index (χ4n) is 3.61. The standard InChI is InChI=1S/C14H23N5O2/c1-17-10-15-16-13(17)11-2-6-18(7-3-11)12-4-8-19(9-5-12)14(20)21/h10-12H,2-9H2,1H3,(H,20,21). The van der Waals surface area contributed by atoms with E-state index in [1.54, 1.807) is 6.33 Å². The summed E-state index contributed by atoms with van der Waals surface area (Å²) in [6.07, 6.45) is 5.14. The summed E-state index contributed by atoms with van der Waals surface area (Å²) in [6.45, 7) is 3.50. The molecule has 2 aliphatic rings. The van der Waals surface area contributed by atoms with Gasteiger partial charge in [0.15, 0.2) is 0 Å². The van der Waals surface area contributed by atoms with Crippen molar-refractivity contribution in [3.8, 4) is 0 Å². The topological polar surface area (TPSA) is 74.5 Å². The SMILES string of the molecule is Cn1cnnc1C1CCN(C2CCN(C(=O)O)CC2)CC1. The highest BCUT2D eigenvalue weighted by Gasteiger charge is 2.30. The molecule has 0 atom stereocenters. The first kappa shape index (κ1) is 14.3. The molecule has 0 unspecified atom stereocenters. The monoisotopic (exact) mass is 293 g/mol. The summed E-state index contributed by atoms with van der Waals surface area (Å²) in [5, 5.41) is 17.2. The van der Waals surface area contributed by atoms with Gasteiger partial charge in [-0.1, -0.05) is 0 Å². The summed E-state index contributed by atoms with van der Waals surface area (Å²) >= 11 is 0. The number of hydrogen-bond acceptors (Lipinski definition) is 4. The molecule has 0 radical (unpaired) electrons. The zero-order valence-corrected chi connectivity index (χ0v) is 12.5. The molecule has 2 aliphatic heterocycles. The van der Waals surface area contributed by atoms with Crippen molar-refractivity contribution in [3.05, 3.63) is 12.2 Å². The average molecular weight is 293 g/mol. The second-order valence-corrected chi connectivity index (χ2v) is 6.11. The molecule has 0 aromatic carbocycles. The first-order valence-corrected chi connectivity index (χ1v) is 7.71. The fourth-order valence-corrected chi connectivity index (χ4v) is 3.61. The van der Waals surface area contributed by atoms with Gasteiger partial charge < -0.3 is 19.5 Å². The van der Waals surface area contributed by atoms with Crippen LogP contribution in [0.4, 0.5) is 4.79 Å². The third kappa shape index (κ3) is 3.02. The number of amides is 1. The molecule has 2 saturated heterocycles. The van der Waals surface area contributed by atoms with Crippen LogP contribution in [0.5, 0.6) is 0 Å². The first-order valence-electron chi connectivity index (χ1n) is 7.71. The van der Waals surface area contributed by atoms with E-state index in [2.05, 4.69) is 15.1 Å². The van der Waals surface area contributed by atoms with Crippen LogP contribution < -0.4 is 0 Å². The minimum absolute atomic E-state index is 0.507. The van der Waals surface area contributed by atoms with Crippen LogP contribution in [0.1, 0.15) is 37.4 Å². The second kappa shape index (κ2) is 6.01. The number of nitrogens with zero attached hydrogens (tertiary/aromatic N) is 5. The predicted octanol–water partition coefficient (Wildman–Crippen LogP) is 1.14. The number of hydrogen-bond donors (Lipinski definition) is 1. The molecule has 0 aliphatic carbocycles. The summed E-state index contributed by atoms with van der Waals surface area (Å²) in [5.74, 6) is 1.60. The molecular weight excluding hydrogens is 270 g/mol. The van der Waals surface area contributed by atoms with Gasteiger partial charge in [-0.2, -0.15) is 0 Å². The maximum absolute atomic E-state index is 10.9. The first-order chi connectivity index (χ1) is 10.1. The lowest BCUT2D eigenvalue weighted by Gasteiger charge is -2.41. The summed E-state index contributed by atoms with van der Waals surface area (Å²) in [5.41, 5.74) is 0. The van der Waals surface area contributed by atoms with Crippen molar-refractivity contribution in [1.29, 1.82) is 0 Å². The molecule has 1 aromatic rings. The van der Waals surface area contributed by atoms with E-state index in [0.717, 1.165) is 44.6 Å². The van der Waals surface area contributed by atoms with Crippen LogP contribution in [0.25, 0.3) is 0 Å². The van der Waals surface area contributed by atoms with Crippen LogP contribution in [-0.4, -0.2) is 68.0 Å². The highest BCUT2D eigenvalue weighted by molar-refractivity contribution is 5.65. The van der Waals surface area contributed by atoms with Gasteiger partial charge in [0.1, 0.15) is 12.2 Å². The number of likely N-dealkylation sites (tertiary alicyclic amines) is 2. The Morgan fingerprint density at radius 3 is 2.38 bits per heavy atom. The smallest absolute Gasteiger partial charge is 0.407 e. The zero-order chi connectivity index (χ0) is 14.8. The lowest BCUT2D eigenvalue weighted by Crippen LogP contribution is -2.48. The highest BCUT2D eigenvalue weighted by atomic mass is 16.4. The summed E-state index contributed by atoms with van der Waals surface area (Å²) in [7, 11) is 2.00. The van der Waals surface area contributed by atoms with Gasteiger partial charge in [0, 0.05) is 32.1 Å². The molecule has 1 N–H and O–H groups in total. The molecule has 7 nitrogen and oxygen atoms in total. The van der Waals surface area contributed by atoms with Crippen molar-refractivity contribution in [1.82, 2.24) is 24.6 Å². The molecule has 0 saturated carbocycles. The van der Waals surface area contributed by atoms with Crippen LogP contribution in [0, 0.1) is 0 Å². The van der Waals surface area contributed by atoms with Gasteiger partial charge in [0.25, 0.3) is 0 Å². The lowest BCUT2D eigenvalue weighted by molar-refractivity contribution is 0.0803. The molecule has 0 spiro atoms. The Bertz CT molecular complexity index is 487. The molecule has 7 heteroatoms. The quantitative estimate of drug-likeness (QED) is 0.885. The van der Waals surface area contributed by atoms with E-state index in [-0.39, 0.29) is 0 Å². The van der Waals surface area contributed by atoms with Crippen molar-refractivity contribution < 1.29 is 9.90 Å². The Morgan fingerprint density at radius 2 is 1.86 bits per heavy atom. The van der Waals surface area contributed by atoms with Crippen LogP contribution >= 0.6 is 0 Å². The van der Waals surface area contributed by atoms with Crippen molar-refractivity contribution in [2.24, 2.45) is 7.05 Å². The van der Waals surface area contributed by atoms with E-state index in [1.807, 2.05) is 11.6 Å². The molecule has 1 aromatic heterocycles. The third-order valence-electron chi connectivity index (χ3n) is 4.89. The van der Waals surface area contributed by atoms with Crippen molar-refractivity contribution in [2.75, 3.05) is 26.2 Å². The Kier molecular flexibility index (Phi) is 4.10. The number of carbonyl (C=O) groups is 1. The third-order valence-corrected chi connectivity index (χ3v) is 4.89. The fraction of sp³-hybridized carbons (Fsp3) is 0.786. The Morgan fingerprint density at radius 1 is 1.19 bits per heavy atom. The molecular formula is C14H23N5O2. The van der Waals surface area contributed by atoms with E-state index in [1.165, 1.54) is 4.90 Å². The molecule has 1 amide bonds. The Hall–Kier alpha value is -1.63. The maximum Gasteiger partial charge on any atom is 0.407 e. The van der Waals surface area contributed by atoms with Gasteiger partial charge in [0.2, 0.25) is 0 Å². The molecule has 0 bridgehead atoms. The van der Waals surface area contributed by atoms with Gasteiger partial charge in [0.05, 0.1) is 0 Å². The summed E-state index contributed by atoms with van der Waals surface area (Å²) < 4.78 is 2.02. The minimum atomic E-state index is -0.783. The maximum atomic E-state index is 10.9. The Labute approximate surface area is 124 Å². The van der Waals surface area contributed by atoms with E-state index >= 15 is 0 Å². The Balaban J connectivity index is 1.50.